The molecule has 0 bridgehead atoms. The van der Waals surface area contributed by atoms with Crippen molar-refractivity contribution < 1.29 is 22.4 Å². The van der Waals surface area contributed by atoms with Gasteiger partial charge in [0, 0.05) is 35.6 Å². The van der Waals surface area contributed by atoms with Gasteiger partial charge in [0.1, 0.15) is 11.9 Å². The van der Waals surface area contributed by atoms with Crippen LogP contribution in [0.5, 0.6) is 0 Å². The van der Waals surface area contributed by atoms with Gasteiger partial charge in [-0.2, -0.15) is 0 Å². The van der Waals surface area contributed by atoms with E-state index in [2.05, 4.69) is 5.32 Å². The minimum absolute atomic E-state index is 0.0409. The second-order valence-corrected chi connectivity index (χ2v) is 12.3. The fraction of sp³-hybridized carbons (Fsp3) is 0.440. The zero-order valence-electron chi connectivity index (χ0n) is 21.0. The van der Waals surface area contributed by atoms with Crippen LogP contribution in [0.1, 0.15) is 46.1 Å². The fourth-order valence-electron chi connectivity index (χ4n) is 3.53. The van der Waals surface area contributed by atoms with Crippen LogP contribution in [0.15, 0.2) is 42.5 Å². The summed E-state index contributed by atoms with van der Waals surface area (Å²) < 4.78 is 40.3. The lowest BCUT2D eigenvalue weighted by Gasteiger charge is -2.32. The average molecular weight is 561 g/mol. The van der Waals surface area contributed by atoms with Gasteiger partial charge in [-0.05, 0) is 58.4 Å². The number of nitrogens with one attached hydrogen (secondary N) is 1. The number of amides is 2. The Hall–Kier alpha value is -2.36. The molecule has 1 N–H and O–H groups in total. The van der Waals surface area contributed by atoms with Crippen LogP contribution in [-0.4, -0.2) is 49.5 Å². The summed E-state index contributed by atoms with van der Waals surface area (Å²) in [5, 5.41) is 3.35. The number of sulfonamides is 1. The third-order valence-corrected chi connectivity index (χ3v) is 7.03. The van der Waals surface area contributed by atoms with Gasteiger partial charge >= 0.3 is 0 Å². The Balaban J connectivity index is 2.24. The summed E-state index contributed by atoms with van der Waals surface area (Å²) >= 11 is 12.2. The van der Waals surface area contributed by atoms with Crippen molar-refractivity contribution in [3.63, 3.8) is 0 Å². The second kappa shape index (κ2) is 12.3. The Morgan fingerprint density at radius 3 is 2.33 bits per heavy atom. The summed E-state index contributed by atoms with van der Waals surface area (Å²) in [6.07, 6.45) is 1.09. The van der Waals surface area contributed by atoms with Crippen LogP contribution in [0.3, 0.4) is 0 Å². The predicted molar refractivity (Wildman–Crippen MR) is 142 cm³/mol. The van der Waals surface area contributed by atoms with Crippen molar-refractivity contribution in [2.75, 3.05) is 17.1 Å². The maximum absolute atomic E-state index is 14.4. The van der Waals surface area contributed by atoms with E-state index in [0.29, 0.717) is 5.02 Å². The molecular weight excluding hydrogens is 528 g/mol. The molecule has 2 amide bonds. The van der Waals surface area contributed by atoms with Gasteiger partial charge in [-0.25, -0.2) is 12.8 Å². The van der Waals surface area contributed by atoms with E-state index in [1.165, 1.54) is 23.1 Å². The quantitative estimate of drug-likeness (QED) is 0.443. The van der Waals surface area contributed by atoms with E-state index < -0.39 is 33.3 Å². The second-order valence-electron chi connectivity index (χ2n) is 9.56. The highest BCUT2D eigenvalue weighted by Gasteiger charge is 2.29. The molecule has 1 atom stereocenters. The van der Waals surface area contributed by atoms with Gasteiger partial charge in [0.25, 0.3) is 0 Å². The summed E-state index contributed by atoms with van der Waals surface area (Å²) in [5.41, 5.74) is -0.0467. The molecule has 0 aliphatic carbocycles. The van der Waals surface area contributed by atoms with Gasteiger partial charge in [0.15, 0.2) is 0 Å². The van der Waals surface area contributed by atoms with E-state index in [9.17, 15) is 22.4 Å². The third kappa shape index (κ3) is 8.64. The maximum atomic E-state index is 14.4. The van der Waals surface area contributed by atoms with Crippen LogP contribution in [0.25, 0.3) is 0 Å². The molecule has 0 fully saturated rings. The van der Waals surface area contributed by atoms with E-state index in [1.807, 2.05) is 20.8 Å². The van der Waals surface area contributed by atoms with Crippen molar-refractivity contribution in [2.24, 2.45) is 0 Å². The lowest BCUT2D eigenvalue weighted by Crippen LogP contribution is -2.52. The van der Waals surface area contributed by atoms with Gasteiger partial charge in [-0.1, -0.05) is 41.4 Å². The van der Waals surface area contributed by atoms with Crippen LogP contribution >= 0.6 is 23.2 Å². The van der Waals surface area contributed by atoms with E-state index in [-0.39, 0.29) is 48.1 Å². The number of hydrogen-bond acceptors (Lipinski definition) is 4. The van der Waals surface area contributed by atoms with Gasteiger partial charge in [0.05, 0.1) is 17.0 Å². The zero-order chi connectivity index (χ0) is 27.3. The molecule has 198 valence electrons. The fourth-order valence-corrected chi connectivity index (χ4v) is 4.93. The number of rotatable bonds is 10. The molecule has 0 saturated carbocycles. The lowest BCUT2D eigenvalue weighted by atomic mass is 10.1. The molecule has 2 rings (SSSR count). The van der Waals surface area contributed by atoms with Crippen molar-refractivity contribution in [3.8, 4) is 0 Å². The zero-order valence-corrected chi connectivity index (χ0v) is 23.3. The molecule has 2 aromatic carbocycles. The summed E-state index contributed by atoms with van der Waals surface area (Å²) in [7, 11) is -3.73. The molecule has 0 aromatic heterocycles. The number of halogens is 3. The van der Waals surface area contributed by atoms with Gasteiger partial charge in [-0.3, -0.25) is 13.9 Å². The topological polar surface area (TPSA) is 86.8 Å². The monoisotopic (exact) mass is 559 g/mol. The normalized spacial score (nSPS) is 12.7. The number of carbonyl (C=O) groups excluding carboxylic acids is 2. The Bertz CT molecular complexity index is 1200. The highest BCUT2D eigenvalue weighted by molar-refractivity contribution is 7.92. The largest absolute Gasteiger partial charge is 0.350 e. The smallest absolute Gasteiger partial charge is 0.242 e. The lowest BCUT2D eigenvalue weighted by molar-refractivity contribution is -0.141. The number of anilines is 1. The number of hydrogen-bond donors (Lipinski definition) is 1. The van der Waals surface area contributed by atoms with Crippen molar-refractivity contribution in [1.29, 1.82) is 0 Å². The van der Waals surface area contributed by atoms with Crippen LogP contribution in [-0.2, 0) is 26.2 Å². The molecule has 0 spiro atoms. The molecule has 11 heteroatoms. The van der Waals surface area contributed by atoms with Gasteiger partial charge in [-0.15, -0.1) is 0 Å². The van der Waals surface area contributed by atoms with E-state index >= 15 is 0 Å². The SMILES string of the molecule is C[C@@H](C(=O)NC(C)(C)C)N(Cc1ccccc1F)C(=O)CCCN(c1cc(Cl)ccc1Cl)S(C)(=O)=O. The Labute approximate surface area is 222 Å². The van der Waals surface area contributed by atoms with Crippen molar-refractivity contribution in [2.45, 2.75) is 58.7 Å². The van der Waals surface area contributed by atoms with Gasteiger partial charge < -0.3 is 10.2 Å². The Kier molecular flexibility index (Phi) is 10.2. The third-order valence-electron chi connectivity index (χ3n) is 5.29. The maximum Gasteiger partial charge on any atom is 0.242 e. The van der Waals surface area contributed by atoms with Crippen molar-refractivity contribution in [3.05, 3.63) is 63.9 Å². The van der Waals surface area contributed by atoms with Crippen molar-refractivity contribution >= 4 is 50.7 Å². The summed E-state index contributed by atoms with van der Waals surface area (Å²) in [6, 6.07) is 9.63. The van der Waals surface area contributed by atoms with Crippen molar-refractivity contribution in [1.82, 2.24) is 10.2 Å². The first kappa shape index (κ1) is 29.9. The Morgan fingerprint density at radius 1 is 1.11 bits per heavy atom. The number of carbonyl (C=O) groups is 2. The number of nitrogens with zero attached hydrogens (tertiary/aromatic N) is 2. The first-order valence-corrected chi connectivity index (χ1v) is 14.0. The van der Waals surface area contributed by atoms with E-state index in [0.717, 1.165) is 10.6 Å². The molecule has 0 aliphatic rings. The van der Waals surface area contributed by atoms with E-state index in [1.54, 1.807) is 31.2 Å². The Morgan fingerprint density at radius 2 is 1.75 bits per heavy atom. The molecular formula is C25H32Cl2FN3O4S. The van der Waals surface area contributed by atoms with Crippen LogP contribution < -0.4 is 9.62 Å². The minimum Gasteiger partial charge on any atom is -0.350 e. The molecule has 0 heterocycles. The van der Waals surface area contributed by atoms with Crippen LogP contribution in [0, 0.1) is 5.82 Å². The van der Waals surface area contributed by atoms with E-state index in [4.69, 9.17) is 23.2 Å². The highest BCUT2D eigenvalue weighted by atomic mass is 35.5. The minimum atomic E-state index is -3.73. The first-order valence-electron chi connectivity index (χ1n) is 11.4. The molecule has 2 aromatic rings. The number of benzene rings is 2. The molecule has 36 heavy (non-hydrogen) atoms. The molecule has 0 aliphatic heterocycles. The summed E-state index contributed by atoms with van der Waals surface area (Å²) in [4.78, 5) is 27.4. The highest BCUT2D eigenvalue weighted by Crippen LogP contribution is 2.31. The molecule has 0 unspecified atom stereocenters. The first-order chi connectivity index (χ1) is 16.6. The summed E-state index contributed by atoms with van der Waals surface area (Å²) in [6.45, 7) is 6.89. The van der Waals surface area contributed by atoms with Gasteiger partial charge in [0.2, 0.25) is 21.8 Å². The van der Waals surface area contributed by atoms with Crippen LogP contribution in [0.2, 0.25) is 10.0 Å². The molecule has 0 saturated heterocycles. The average Bonchev–Trinajstić information content (AvgIpc) is 2.75. The molecule has 0 radical (unpaired) electrons. The van der Waals surface area contributed by atoms with Crippen LogP contribution in [0.4, 0.5) is 10.1 Å². The summed E-state index contributed by atoms with van der Waals surface area (Å²) in [5.74, 6) is -1.28. The predicted octanol–water partition coefficient (Wildman–Crippen LogP) is 5.01. The molecule has 7 nitrogen and oxygen atoms in total. The standard InChI is InChI=1S/C25H32Cl2FN3O4S/c1-17(24(33)29-25(2,3)4)30(16-18-9-6-7-10-21(18)28)23(32)11-8-14-31(36(5,34)35)22-15-19(26)12-13-20(22)27/h6-7,9-10,12-13,15,17H,8,11,14,16H2,1-5H3,(H,29,33)/t17-/m0/s1.